The van der Waals surface area contributed by atoms with E-state index in [9.17, 15) is 0 Å². The molecule has 1 unspecified atom stereocenters. The molecule has 2 aromatic carbocycles. The zero-order valence-electron chi connectivity index (χ0n) is 14.7. The van der Waals surface area contributed by atoms with E-state index in [1.165, 1.54) is 21.5 Å². The van der Waals surface area contributed by atoms with Gasteiger partial charge in [0.15, 0.2) is 0 Å². The number of aryl methyl sites for hydroxylation is 1. The molecule has 0 fully saturated rings. The summed E-state index contributed by atoms with van der Waals surface area (Å²) in [4.78, 5) is 0. The molecular weight excluding hydrogens is 401 g/mol. The molecule has 0 saturated carbocycles. The summed E-state index contributed by atoms with van der Waals surface area (Å²) in [5, 5.41) is 9.05. The highest BCUT2D eigenvalue weighted by molar-refractivity contribution is 6.42. The van der Waals surface area contributed by atoms with Crippen LogP contribution in [-0.4, -0.2) is 17.2 Å². The number of nitrogens with two attached hydrogens (primary N) is 1. The number of hydrogen-bond donors (Lipinski definition) is 2. The summed E-state index contributed by atoms with van der Waals surface area (Å²) in [6.07, 6.45) is 6.37. The second-order valence-electron chi connectivity index (χ2n) is 6.74. The molecule has 1 aliphatic rings. The predicted molar refractivity (Wildman–Crippen MR) is 117 cm³/mol. The fraction of sp³-hybridized carbons (Fsp3) is 0.238. The van der Waals surface area contributed by atoms with Crippen molar-refractivity contribution in [3.8, 4) is 0 Å². The Bertz CT molecular complexity index is 1120. The first kappa shape index (κ1) is 18.7. The van der Waals surface area contributed by atoms with Crippen LogP contribution in [0.3, 0.4) is 0 Å². The van der Waals surface area contributed by atoms with Crippen LogP contribution >= 0.6 is 34.8 Å². The smallest absolute Gasteiger partial charge is 0.0612 e. The molecule has 0 saturated heterocycles. The van der Waals surface area contributed by atoms with Crippen molar-refractivity contribution in [2.24, 2.45) is 5.73 Å². The molecule has 3 N–H and O–H groups in total. The zero-order valence-corrected chi connectivity index (χ0v) is 17.0. The highest BCUT2D eigenvalue weighted by Gasteiger charge is 2.15. The SMILES string of the molecule is NCCCn1c2c(c3cc(Cl)ccc31)=CCC(Nc1ccc(Cl)c(Cl)c1)C=2. The molecule has 0 aliphatic heterocycles. The molecule has 0 amide bonds. The van der Waals surface area contributed by atoms with Gasteiger partial charge in [0.05, 0.1) is 16.1 Å². The largest absolute Gasteiger partial charge is 0.378 e. The molecule has 27 heavy (non-hydrogen) atoms. The molecule has 0 spiro atoms. The van der Waals surface area contributed by atoms with E-state index < -0.39 is 0 Å². The van der Waals surface area contributed by atoms with Crippen molar-refractivity contribution in [1.82, 2.24) is 4.57 Å². The first-order valence-electron chi connectivity index (χ1n) is 8.98. The van der Waals surface area contributed by atoms with Gasteiger partial charge in [0, 0.05) is 38.7 Å². The third kappa shape index (κ3) is 3.70. The number of nitrogens with zero attached hydrogens (tertiary/aromatic N) is 1. The van der Waals surface area contributed by atoms with E-state index in [2.05, 4.69) is 28.1 Å². The van der Waals surface area contributed by atoms with Gasteiger partial charge in [-0.15, -0.1) is 0 Å². The van der Waals surface area contributed by atoms with Gasteiger partial charge >= 0.3 is 0 Å². The fourth-order valence-corrected chi connectivity index (χ4v) is 4.13. The molecule has 3 aromatic rings. The first-order chi connectivity index (χ1) is 13.1. The van der Waals surface area contributed by atoms with Crippen molar-refractivity contribution < 1.29 is 0 Å². The van der Waals surface area contributed by atoms with E-state index in [1.807, 2.05) is 30.3 Å². The van der Waals surface area contributed by atoms with E-state index in [0.29, 0.717) is 16.6 Å². The van der Waals surface area contributed by atoms with E-state index >= 15 is 0 Å². The third-order valence-corrected chi connectivity index (χ3v) is 5.87. The van der Waals surface area contributed by atoms with Gasteiger partial charge in [-0.25, -0.2) is 0 Å². The minimum atomic E-state index is 0.172. The number of halogens is 3. The Balaban J connectivity index is 1.77. The number of nitrogens with one attached hydrogen (secondary N) is 1. The highest BCUT2D eigenvalue weighted by Crippen LogP contribution is 2.26. The van der Waals surface area contributed by atoms with Crippen LogP contribution in [0.4, 0.5) is 5.69 Å². The van der Waals surface area contributed by atoms with Crippen molar-refractivity contribution in [3.63, 3.8) is 0 Å². The molecule has 6 heteroatoms. The van der Waals surface area contributed by atoms with Gasteiger partial charge < -0.3 is 15.6 Å². The lowest BCUT2D eigenvalue weighted by atomic mass is 10.1. The summed E-state index contributed by atoms with van der Waals surface area (Å²) < 4.78 is 2.34. The minimum absolute atomic E-state index is 0.172. The van der Waals surface area contributed by atoms with E-state index in [-0.39, 0.29) is 6.04 Å². The second kappa shape index (κ2) is 7.76. The van der Waals surface area contributed by atoms with Gasteiger partial charge in [-0.05, 0) is 61.9 Å². The molecular formula is C21H20Cl3N3. The van der Waals surface area contributed by atoms with Gasteiger partial charge in [0.25, 0.3) is 0 Å². The van der Waals surface area contributed by atoms with Crippen molar-refractivity contribution in [2.45, 2.75) is 25.4 Å². The summed E-state index contributed by atoms with van der Waals surface area (Å²) in [7, 11) is 0. The predicted octanol–water partition coefficient (Wildman–Crippen LogP) is 4.40. The average Bonchev–Trinajstić information content (AvgIpc) is 2.95. The van der Waals surface area contributed by atoms with Gasteiger partial charge in [0.2, 0.25) is 0 Å². The van der Waals surface area contributed by atoms with E-state index in [0.717, 1.165) is 30.1 Å². The van der Waals surface area contributed by atoms with Crippen LogP contribution < -0.4 is 21.6 Å². The molecule has 1 aromatic heterocycles. The average molecular weight is 421 g/mol. The Morgan fingerprint density at radius 2 is 1.93 bits per heavy atom. The molecule has 0 bridgehead atoms. The number of benzene rings is 2. The van der Waals surface area contributed by atoms with Crippen LogP contribution in [0.1, 0.15) is 12.8 Å². The maximum Gasteiger partial charge on any atom is 0.0612 e. The number of hydrogen-bond acceptors (Lipinski definition) is 2. The van der Waals surface area contributed by atoms with Gasteiger partial charge in [0.1, 0.15) is 0 Å². The molecule has 1 aliphatic carbocycles. The monoisotopic (exact) mass is 419 g/mol. The molecule has 1 atom stereocenters. The van der Waals surface area contributed by atoms with Crippen LogP contribution in [0.15, 0.2) is 36.4 Å². The lowest BCUT2D eigenvalue weighted by Crippen LogP contribution is -2.36. The number of rotatable bonds is 5. The first-order valence-corrected chi connectivity index (χ1v) is 10.1. The number of fused-ring (bicyclic) bond motifs is 3. The molecule has 4 rings (SSSR count). The van der Waals surface area contributed by atoms with Crippen LogP contribution in [0.2, 0.25) is 15.1 Å². The van der Waals surface area contributed by atoms with Crippen molar-refractivity contribution in [2.75, 3.05) is 11.9 Å². The third-order valence-electron chi connectivity index (χ3n) is 4.90. The van der Waals surface area contributed by atoms with Crippen molar-refractivity contribution >= 4 is 63.5 Å². The summed E-state index contributed by atoms with van der Waals surface area (Å²) >= 11 is 18.4. The van der Waals surface area contributed by atoms with Gasteiger partial charge in [-0.2, -0.15) is 0 Å². The summed E-state index contributed by atoms with van der Waals surface area (Å²) in [6.45, 7) is 1.55. The standard InChI is InChI=1S/C21H20Cl3N3/c22-13-2-7-20-17(10-13)16-5-3-15(12-21(16)27(20)9-1-8-25)26-14-4-6-18(23)19(24)11-14/h2,4-7,10-12,15,26H,1,3,8-9,25H2. The molecule has 3 nitrogen and oxygen atoms in total. The molecule has 140 valence electrons. The molecule has 1 heterocycles. The Hall–Kier alpha value is -1.65. The topological polar surface area (TPSA) is 43.0 Å². The molecule has 0 radical (unpaired) electrons. The number of anilines is 1. The van der Waals surface area contributed by atoms with Crippen LogP contribution in [0.5, 0.6) is 0 Å². The maximum absolute atomic E-state index is 6.25. The van der Waals surface area contributed by atoms with Gasteiger partial charge in [-0.3, -0.25) is 0 Å². The van der Waals surface area contributed by atoms with Crippen molar-refractivity contribution in [1.29, 1.82) is 0 Å². The zero-order chi connectivity index (χ0) is 19.0. The Kier molecular flexibility index (Phi) is 5.38. The lowest BCUT2D eigenvalue weighted by Gasteiger charge is -2.18. The van der Waals surface area contributed by atoms with Crippen LogP contribution in [0, 0.1) is 0 Å². The quantitative estimate of drug-likeness (QED) is 0.642. The van der Waals surface area contributed by atoms with Crippen LogP contribution in [-0.2, 0) is 6.54 Å². The van der Waals surface area contributed by atoms with Crippen molar-refractivity contribution in [3.05, 3.63) is 62.0 Å². The van der Waals surface area contributed by atoms with E-state index in [4.69, 9.17) is 40.5 Å². The van der Waals surface area contributed by atoms with E-state index in [1.54, 1.807) is 0 Å². The lowest BCUT2D eigenvalue weighted by molar-refractivity contribution is 0.653. The number of aromatic nitrogens is 1. The summed E-state index contributed by atoms with van der Waals surface area (Å²) in [5.74, 6) is 0. The minimum Gasteiger partial charge on any atom is -0.378 e. The summed E-state index contributed by atoms with van der Waals surface area (Å²) in [5.41, 5.74) is 7.91. The fourth-order valence-electron chi connectivity index (χ4n) is 3.66. The Morgan fingerprint density at radius 1 is 1.07 bits per heavy atom. The Morgan fingerprint density at radius 3 is 2.70 bits per heavy atom. The normalized spacial score (nSPS) is 15.9. The van der Waals surface area contributed by atoms with Crippen LogP contribution in [0.25, 0.3) is 23.1 Å². The second-order valence-corrected chi connectivity index (χ2v) is 7.99. The maximum atomic E-state index is 6.25. The van der Waals surface area contributed by atoms with Gasteiger partial charge in [-0.1, -0.05) is 40.9 Å². The summed E-state index contributed by atoms with van der Waals surface area (Å²) in [6, 6.07) is 11.9. The highest BCUT2D eigenvalue weighted by atomic mass is 35.5. The Labute approximate surface area is 173 Å².